The second-order valence-electron chi connectivity index (χ2n) is 5.49. The summed E-state index contributed by atoms with van der Waals surface area (Å²) in [5.41, 5.74) is 7.14. The largest absolute Gasteiger partial charge is 0.397 e. The number of carbonyl (C=O) groups excluding carboxylic acids is 1. The van der Waals surface area contributed by atoms with E-state index in [1.54, 1.807) is 13.2 Å². The van der Waals surface area contributed by atoms with Gasteiger partial charge in [0.05, 0.1) is 12.3 Å². The molecule has 0 radical (unpaired) electrons. The van der Waals surface area contributed by atoms with E-state index in [4.69, 9.17) is 10.5 Å². The molecule has 1 heterocycles. The second kappa shape index (κ2) is 7.94. The van der Waals surface area contributed by atoms with Gasteiger partial charge in [-0.25, -0.2) is 0 Å². The zero-order valence-electron chi connectivity index (χ0n) is 13.1. The molecule has 0 bridgehead atoms. The highest BCUT2D eigenvalue weighted by Crippen LogP contribution is 2.15. The highest BCUT2D eigenvalue weighted by atomic mass is 16.5. The molecule has 0 saturated carbocycles. The molecule has 1 rings (SSSR count). The minimum Gasteiger partial charge on any atom is -0.397 e. The summed E-state index contributed by atoms with van der Waals surface area (Å²) in [6, 6.07) is 1.76. The summed E-state index contributed by atoms with van der Waals surface area (Å²) in [5, 5.41) is 0. The SMILES string of the molecule is CCCn1cc(N)cc1C(=O)N(CCOC)CC(C)C. The molecule has 20 heavy (non-hydrogen) atoms. The number of methoxy groups -OCH3 is 1. The maximum Gasteiger partial charge on any atom is 0.270 e. The predicted octanol–water partition coefficient (Wildman–Crippen LogP) is 2.22. The van der Waals surface area contributed by atoms with Crippen molar-refractivity contribution in [2.45, 2.75) is 33.7 Å². The maximum absolute atomic E-state index is 12.7. The highest BCUT2D eigenvalue weighted by Gasteiger charge is 2.20. The third kappa shape index (κ3) is 4.56. The molecule has 5 nitrogen and oxygen atoms in total. The van der Waals surface area contributed by atoms with Crippen molar-refractivity contribution in [3.8, 4) is 0 Å². The third-order valence-corrected chi connectivity index (χ3v) is 3.04. The van der Waals surface area contributed by atoms with Gasteiger partial charge in [0.25, 0.3) is 5.91 Å². The van der Waals surface area contributed by atoms with E-state index in [1.807, 2.05) is 15.7 Å². The number of ether oxygens (including phenoxy) is 1. The monoisotopic (exact) mass is 281 g/mol. The van der Waals surface area contributed by atoms with E-state index in [0.717, 1.165) is 19.5 Å². The van der Waals surface area contributed by atoms with Crippen LogP contribution >= 0.6 is 0 Å². The Morgan fingerprint density at radius 1 is 1.50 bits per heavy atom. The van der Waals surface area contributed by atoms with E-state index in [9.17, 15) is 4.79 Å². The molecule has 0 aliphatic heterocycles. The summed E-state index contributed by atoms with van der Waals surface area (Å²) in [6.45, 7) is 8.96. The van der Waals surface area contributed by atoms with Gasteiger partial charge in [-0.3, -0.25) is 4.79 Å². The Bertz CT molecular complexity index is 427. The molecular formula is C15H27N3O2. The van der Waals surface area contributed by atoms with Gasteiger partial charge in [0.1, 0.15) is 5.69 Å². The molecule has 0 saturated heterocycles. The molecule has 114 valence electrons. The minimum absolute atomic E-state index is 0.0286. The number of nitrogen functional groups attached to an aromatic ring is 1. The number of anilines is 1. The van der Waals surface area contributed by atoms with E-state index in [-0.39, 0.29) is 5.91 Å². The third-order valence-electron chi connectivity index (χ3n) is 3.04. The summed E-state index contributed by atoms with van der Waals surface area (Å²) in [4.78, 5) is 14.5. The molecule has 0 unspecified atom stereocenters. The van der Waals surface area contributed by atoms with Gasteiger partial charge in [-0.05, 0) is 18.4 Å². The van der Waals surface area contributed by atoms with Gasteiger partial charge >= 0.3 is 0 Å². The summed E-state index contributed by atoms with van der Waals surface area (Å²) in [7, 11) is 1.65. The van der Waals surface area contributed by atoms with Gasteiger partial charge in [0.2, 0.25) is 0 Å². The van der Waals surface area contributed by atoms with Gasteiger partial charge in [-0.2, -0.15) is 0 Å². The number of amides is 1. The van der Waals surface area contributed by atoms with Crippen LogP contribution in [0.5, 0.6) is 0 Å². The standard InChI is InChI=1S/C15H27N3O2/c1-5-6-17-11-13(16)9-14(17)15(19)18(7-8-20-4)10-12(2)3/h9,11-12H,5-8,10,16H2,1-4H3. The molecule has 1 aromatic rings. The molecular weight excluding hydrogens is 254 g/mol. The topological polar surface area (TPSA) is 60.5 Å². The highest BCUT2D eigenvalue weighted by molar-refractivity contribution is 5.93. The second-order valence-corrected chi connectivity index (χ2v) is 5.49. The van der Waals surface area contributed by atoms with Crippen LogP contribution in [0.15, 0.2) is 12.3 Å². The first kappa shape index (κ1) is 16.6. The van der Waals surface area contributed by atoms with Crippen molar-refractivity contribution in [1.82, 2.24) is 9.47 Å². The number of aryl methyl sites for hydroxylation is 1. The van der Waals surface area contributed by atoms with Crippen molar-refractivity contribution in [1.29, 1.82) is 0 Å². The van der Waals surface area contributed by atoms with E-state index in [1.165, 1.54) is 0 Å². The van der Waals surface area contributed by atoms with Crippen molar-refractivity contribution in [3.63, 3.8) is 0 Å². The van der Waals surface area contributed by atoms with Crippen LogP contribution in [0.1, 0.15) is 37.7 Å². The molecule has 1 amide bonds. The van der Waals surface area contributed by atoms with Gasteiger partial charge in [-0.15, -0.1) is 0 Å². The number of nitrogens with two attached hydrogens (primary N) is 1. The normalized spacial score (nSPS) is 11.1. The lowest BCUT2D eigenvalue weighted by Gasteiger charge is -2.24. The fourth-order valence-corrected chi connectivity index (χ4v) is 2.22. The van der Waals surface area contributed by atoms with Gasteiger partial charge in [0.15, 0.2) is 0 Å². The summed E-state index contributed by atoms with van der Waals surface area (Å²) >= 11 is 0. The summed E-state index contributed by atoms with van der Waals surface area (Å²) in [6.07, 6.45) is 2.80. The zero-order chi connectivity index (χ0) is 15.1. The Labute approximate surface area is 121 Å². The Morgan fingerprint density at radius 3 is 2.75 bits per heavy atom. The van der Waals surface area contributed by atoms with Crippen molar-refractivity contribution < 1.29 is 9.53 Å². The van der Waals surface area contributed by atoms with Crippen molar-refractivity contribution in [2.24, 2.45) is 5.92 Å². The van der Waals surface area contributed by atoms with E-state index in [2.05, 4.69) is 20.8 Å². The van der Waals surface area contributed by atoms with E-state index < -0.39 is 0 Å². The van der Waals surface area contributed by atoms with Gasteiger partial charge in [-0.1, -0.05) is 20.8 Å². The number of carbonyl (C=O) groups is 1. The number of rotatable bonds is 8. The average molecular weight is 281 g/mol. The first-order chi connectivity index (χ1) is 9.49. The lowest BCUT2D eigenvalue weighted by Crippen LogP contribution is -2.37. The Hall–Kier alpha value is -1.49. The van der Waals surface area contributed by atoms with Crippen LogP contribution in [-0.4, -0.2) is 42.2 Å². The van der Waals surface area contributed by atoms with Crippen LogP contribution in [0, 0.1) is 5.92 Å². The zero-order valence-corrected chi connectivity index (χ0v) is 13.1. The Balaban J connectivity index is 2.92. The summed E-state index contributed by atoms with van der Waals surface area (Å²) in [5.74, 6) is 0.448. The van der Waals surface area contributed by atoms with E-state index >= 15 is 0 Å². The first-order valence-electron chi connectivity index (χ1n) is 7.23. The van der Waals surface area contributed by atoms with Crippen LogP contribution in [0.25, 0.3) is 0 Å². The van der Waals surface area contributed by atoms with Gasteiger partial charge in [0, 0.05) is 32.9 Å². The molecule has 0 aromatic carbocycles. The molecule has 1 aromatic heterocycles. The van der Waals surface area contributed by atoms with Crippen LogP contribution < -0.4 is 5.73 Å². The van der Waals surface area contributed by atoms with Crippen molar-refractivity contribution in [2.75, 3.05) is 32.5 Å². The van der Waals surface area contributed by atoms with Crippen molar-refractivity contribution in [3.05, 3.63) is 18.0 Å². The molecule has 0 aliphatic rings. The van der Waals surface area contributed by atoms with Crippen LogP contribution in [0.3, 0.4) is 0 Å². The Morgan fingerprint density at radius 2 is 2.20 bits per heavy atom. The molecule has 0 spiro atoms. The number of hydrogen-bond donors (Lipinski definition) is 1. The van der Waals surface area contributed by atoms with Crippen LogP contribution in [-0.2, 0) is 11.3 Å². The number of nitrogens with zero attached hydrogens (tertiary/aromatic N) is 2. The minimum atomic E-state index is 0.0286. The van der Waals surface area contributed by atoms with Gasteiger partial charge < -0.3 is 19.9 Å². The predicted molar refractivity (Wildman–Crippen MR) is 81.8 cm³/mol. The van der Waals surface area contributed by atoms with Crippen molar-refractivity contribution >= 4 is 11.6 Å². The number of aromatic nitrogens is 1. The summed E-state index contributed by atoms with van der Waals surface area (Å²) < 4.78 is 7.04. The lowest BCUT2D eigenvalue weighted by molar-refractivity contribution is 0.0661. The molecule has 5 heteroatoms. The average Bonchev–Trinajstić information content (AvgIpc) is 2.74. The molecule has 0 aliphatic carbocycles. The quantitative estimate of drug-likeness (QED) is 0.795. The maximum atomic E-state index is 12.7. The lowest BCUT2D eigenvalue weighted by atomic mass is 10.2. The Kier molecular flexibility index (Phi) is 6.58. The van der Waals surface area contributed by atoms with Crippen LogP contribution in [0.2, 0.25) is 0 Å². The first-order valence-corrected chi connectivity index (χ1v) is 7.23. The smallest absolute Gasteiger partial charge is 0.270 e. The molecule has 2 N–H and O–H groups in total. The van der Waals surface area contributed by atoms with Crippen LogP contribution in [0.4, 0.5) is 5.69 Å². The molecule has 0 atom stereocenters. The fraction of sp³-hybridized carbons (Fsp3) is 0.667. The van der Waals surface area contributed by atoms with E-state index in [0.29, 0.717) is 30.5 Å². The molecule has 0 fully saturated rings. The number of hydrogen-bond acceptors (Lipinski definition) is 3. The fourth-order valence-electron chi connectivity index (χ4n) is 2.22.